The molecule has 0 aliphatic rings. The van der Waals surface area contributed by atoms with Crippen LogP contribution < -0.4 is 0 Å². The van der Waals surface area contributed by atoms with Crippen LogP contribution in [0, 0.1) is 0 Å². The summed E-state index contributed by atoms with van der Waals surface area (Å²) in [6.07, 6.45) is 0. The lowest BCUT2D eigenvalue weighted by molar-refractivity contribution is 0.126. The van der Waals surface area contributed by atoms with Crippen LogP contribution in [0.1, 0.15) is 0 Å². The topological polar surface area (TPSA) is 27.7 Å². The van der Waals surface area contributed by atoms with Gasteiger partial charge in [0.05, 0.1) is 0 Å². The van der Waals surface area contributed by atoms with Gasteiger partial charge in [-0.05, 0) is 0 Å². The summed E-state index contributed by atoms with van der Waals surface area (Å²) in [5.74, 6) is 0.408. The maximum atomic E-state index is 5.58. The van der Waals surface area contributed by atoms with Gasteiger partial charge in [0.25, 0.3) is 0 Å². The molecule has 5 heteroatoms. The third-order valence-corrected chi connectivity index (χ3v) is 4.77. The second kappa shape index (κ2) is 5.72. The van der Waals surface area contributed by atoms with Gasteiger partial charge in [-0.15, -0.1) is 11.6 Å². The molecule has 3 nitrogen and oxygen atoms in total. The summed E-state index contributed by atoms with van der Waals surface area (Å²) in [5.41, 5.74) is 0.869. The van der Waals surface area contributed by atoms with Gasteiger partial charge in [-0.2, -0.15) is 0 Å². The Balaban J connectivity index is 4.19. The molecule has 0 aromatic rings. The van der Waals surface area contributed by atoms with Gasteiger partial charge >= 0.3 is 8.80 Å². The minimum atomic E-state index is -2.49. The molecule has 0 amide bonds. The lowest BCUT2D eigenvalue weighted by Gasteiger charge is -2.24. The molecule has 0 heterocycles. The average Bonchev–Trinajstić information content (AvgIpc) is 2.14. The predicted octanol–water partition coefficient (Wildman–Crippen LogP) is 1.66. The lowest BCUT2D eigenvalue weighted by atomic mass is 10.4. The summed E-state index contributed by atoms with van der Waals surface area (Å²) in [6.45, 7) is 3.76. The molecule has 0 aromatic carbocycles. The smallest absolute Gasteiger partial charge is 0.377 e. The summed E-state index contributed by atoms with van der Waals surface area (Å²) in [4.78, 5) is 0. The van der Waals surface area contributed by atoms with Crippen molar-refractivity contribution in [2.75, 3.05) is 27.2 Å². The Morgan fingerprint density at radius 1 is 1.25 bits per heavy atom. The van der Waals surface area contributed by atoms with Crippen LogP contribution >= 0.6 is 11.6 Å². The van der Waals surface area contributed by atoms with E-state index >= 15 is 0 Å². The number of rotatable bonds is 6. The quantitative estimate of drug-likeness (QED) is 0.379. The Hall–Kier alpha value is 0.127. The van der Waals surface area contributed by atoms with Crippen molar-refractivity contribution in [1.82, 2.24) is 0 Å². The van der Waals surface area contributed by atoms with Crippen LogP contribution in [0.3, 0.4) is 0 Å². The molecule has 0 fully saturated rings. The number of hydrogen-bond donors (Lipinski definition) is 0. The van der Waals surface area contributed by atoms with Crippen LogP contribution in [0.15, 0.2) is 12.2 Å². The van der Waals surface area contributed by atoms with E-state index in [-0.39, 0.29) is 0 Å². The normalized spacial score (nSPS) is 11.7. The largest absolute Gasteiger partial charge is 0.504 e. The summed E-state index contributed by atoms with van der Waals surface area (Å²) in [7, 11) is 2.23. The maximum Gasteiger partial charge on any atom is 0.504 e. The van der Waals surface area contributed by atoms with Crippen LogP contribution in [0.4, 0.5) is 0 Å². The molecule has 12 heavy (non-hydrogen) atoms. The maximum absolute atomic E-state index is 5.58. The van der Waals surface area contributed by atoms with Gasteiger partial charge in [0, 0.05) is 33.3 Å². The summed E-state index contributed by atoms with van der Waals surface area (Å²) in [5, 5.41) is 0. The van der Waals surface area contributed by atoms with E-state index in [9.17, 15) is 0 Å². The van der Waals surface area contributed by atoms with Crippen molar-refractivity contribution in [3.05, 3.63) is 12.2 Å². The van der Waals surface area contributed by atoms with Gasteiger partial charge in [-0.25, -0.2) is 0 Å². The van der Waals surface area contributed by atoms with E-state index in [1.165, 1.54) is 0 Å². The monoisotopic (exact) mass is 210 g/mol. The van der Waals surface area contributed by atoms with Gasteiger partial charge in [-0.3, -0.25) is 0 Å². The van der Waals surface area contributed by atoms with Crippen LogP contribution in [-0.4, -0.2) is 36.0 Å². The fourth-order valence-corrected chi connectivity index (χ4v) is 2.74. The third kappa shape index (κ3) is 3.24. The zero-order valence-electron chi connectivity index (χ0n) is 7.72. The second-order valence-corrected chi connectivity index (χ2v) is 5.57. The molecule has 0 aromatic heterocycles. The second-order valence-electron chi connectivity index (χ2n) is 2.36. The molecular weight excluding hydrogens is 196 g/mol. The highest BCUT2D eigenvalue weighted by Crippen LogP contribution is 2.18. The lowest BCUT2D eigenvalue weighted by Crippen LogP contribution is -2.43. The van der Waals surface area contributed by atoms with Gasteiger partial charge in [0.15, 0.2) is 0 Å². The summed E-state index contributed by atoms with van der Waals surface area (Å²) < 4.78 is 15.6. The van der Waals surface area contributed by atoms with Crippen molar-refractivity contribution >= 4 is 20.4 Å². The minimum Gasteiger partial charge on any atom is -0.377 e. The Kier molecular flexibility index (Phi) is 5.78. The molecule has 0 aliphatic heterocycles. The summed E-state index contributed by atoms with van der Waals surface area (Å²) in [6, 6.07) is 0.569. The fourth-order valence-electron chi connectivity index (χ4n) is 0.820. The zero-order valence-corrected chi connectivity index (χ0v) is 9.48. The van der Waals surface area contributed by atoms with Gasteiger partial charge in [0.1, 0.15) is 0 Å². The Bertz CT molecular complexity index is 139. The molecule has 0 rings (SSSR count). The highest BCUT2D eigenvalue weighted by molar-refractivity contribution is 6.61. The van der Waals surface area contributed by atoms with Crippen molar-refractivity contribution < 1.29 is 13.3 Å². The van der Waals surface area contributed by atoms with Gasteiger partial charge < -0.3 is 13.3 Å². The number of halogens is 1. The van der Waals surface area contributed by atoms with Gasteiger partial charge in [0.2, 0.25) is 0 Å². The molecule has 0 bridgehead atoms. The zero-order chi connectivity index (χ0) is 9.61. The van der Waals surface area contributed by atoms with E-state index in [0.29, 0.717) is 11.9 Å². The minimum absolute atomic E-state index is 0.408. The number of hydrogen-bond acceptors (Lipinski definition) is 3. The van der Waals surface area contributed by atoms with E-state index in [1.54, 1.807) is 21.3 Å². The van der Waals surface area contributed by atoms with Crippen LogP contribution in [0.2, 0.25) is 6.04 Å². The van der Waals surface area contributed by atoms with Crippen molar-refractivity contribution in [2.45, 2.75) is 6.04 Å². The van der Waals surface area contributed by atoms with E-state index < -0.39 is 8.80 Å². The third-order valence-electron chi connectivity index (χ3n) is 1.59. The number of alkyl halides is 1. The first-order valence-electron chi connectivity index (χ1n) is 3.52. The highest BCUT2D eigenvalue weighted by Gasteiger charge is 2.37. The van der Waals surface area contributed by atoms with Crippen molar-refractivity contribution in [1.29, 1.82) is 0 Å². The van der Waals surface area contributed by atoms with Crippen molar-refractivity contribution in [2.24, 2.45) is 0 Å². The first kappa shape index (κ1) is 12.1. The Morgan fingerprint density at radius 3 is 1.92 bits per heavy atom. The Morgan fingerprint density at radius 2 is 1.67 bits per heavy atom. The van der Waals surface area contributed by atoms with Crippen molar-refractivity contribution in [3.63, 3.8) is 0 Å². The number of allylic oxidation sites excluding steroid dienone is 1. The summed E-state index contributed by atoms with van der Waals surface area (Å²) >= 11 is 5.58. The average molecular weight is 211 g/mol. The first-order valence-corrected chi connectivity index (χ1v) is 5.98. The molecule has 0 saturated carbocycles. The predicted molar refractivity (Wildman–Crippen MR) is 51.4 cm³/mol. The first-order chi connectivity index (χ1) is 5.64. The Labute approximate surface area is 79.6 Å². The van der Waals surface area contributed by atoms with E-state index in [4.69, 9.17) is 24.9 Å². The van der Waals surface area contributed by atoms with E-state index in [0.717, 1.165) is 5.57 Å². The molecule has 0 saturated heterocycles. The molecule has 0 radical (unpaired) electrons. The highest BCUT2D eigenvalue weighted by atomic mass is 35.5. The molecule has 0 spiro atoms. The van der Waals surface area contributed by atoms with E-state index in [2.05, 4.69) is 6.58 Å². The van der Waals surface area contributed by atoms with Crippen LogP contribution in [0.25, 0.3) is 0 Å². The molecule has 0 unspecified atom stereocenters. The standard InChI is InChI=1S/C7H15ClO3Si/c1-7(5-8)6-12(9-2,10-3)11-4/h1,5-6H2,2-4H3. The molecule has 0 aliphatic carbocycles. The molecule has 72 valence electrons. The molecular formula is C7H15ClO3Si. The SMILES string of the molecule is C=C(CCl)C[Si](OC)(OC)OC. The van der Waals surface area contributed by atoms with Crippen LogP contribution in [0.5, 0.6) is 0 Å². The van der Waals surface area contributed by atoms with Crippen molar-refractivity contribution in [3.8, 4) is 0 Å². The molecule has 0 N–H and O–H groups in total. The van der Waals surface area contributed by atoms with Crippen LogP contribution in [-0.2, 0) is 13.3 Å². The fraction of sp³-hybridized carbons (Fsp3) is 0.714. The van der Waals surface area contributed by atoms with E-state index in [1.807, 2.05) is 0 Å². The molecule has 0 atom stereocenters. The van der Waals surface area contributed by atoms with Gasteiger partial charge in [-0.1, -0.05) is 12.2 Å².